The molecule has 0 aromatic rings. The summed E-state index contributed by atoms with van der Waals surface area (Å²) in [7, 11) is 0. The lowest BCUT2D eigenvalue weighted by Gasteiger charge is -2.35. The quantitative estimate of drug-likeness (QED) is 0.621. The predicted octanol–water partition coefficient (Wildman–Crippen LogP) is 0.0296. The van der Waals surface area contributed by atoms with Gasteiger partial charge in [-0.2, -0.15) is 0 Å². The highest BCUT2D eigenvalue weighted by atomic mass is 16.2. The molecule has 0 saturated carbocycles. The Balaban J connectivity index is 3.11. The topological polar surface area (TPSA) is 66.5 Å². The van der Waals surface area contributed by atoms with Crippen LogP contribution in [0.4, 0.5) is 0 Å². The lowest BCUT2D eigenvalue weighted by atomic mass is 9.98. The number of hydrogen-bond donors (Lipinski definition) is 1. The number of piperazine rings is 1. The summed E-state index contributed by atoms with van der Waals surface area (Å²) in [6.45, 7) is 8.22. The summed E-state index contributed by atoms with van der Waals surface area (Å²) in [5.74, 6) is -1.44. The molecule has 0 aromatic heterocycles. The van der Waals surface area contributed by atoms with Crippen molar-refractivity contribution in [1.82, 2.24) is 10.2 Å². The highest BCUT2D eigenvalue weighted by molar-refractivity contribution is 6.11. The van der Waals surface area contributed by atoms with Gasteiger partial charge in [0.1, 0.15) is 6.04 Å². The van der Waals surface area contributed by atoms with Crippen LogP contribution in [0.25, 0.3) is 0 Å². The molecule has 1 N–H and O–H groups in total. The van der Waals surface area contributed by atoms with Crippen LogP contribution in [0.2, 0.25) is 0 Å². The predicted molar refractivity (Wildman–Crippen MR) is 53.4 cm³/mol. The maximum Gasteiger partial charge on any atom is 0.277 e. The first kappa shape index (κ1) is 11.4. The van der Waals surface area contributed by atoms with Gasteiger partial charge in [-0.3, -0.25) is 19.3 Å². The van der Waals surface area contributed by atoms with E-state index in [1.807, 2.05) is 0 Å². The molecular formula is C10H14N2O3. The van der Waals surface area contributed by atoms with Gasteiger partial charge in [0.15, 0.2) is 0 Å². The number of carbonyl (C=O) groups excluding carboxylic acids is 3. The molecule has 1 aliphatic rings. The molecule has 0 radical (unpaired) electrons. The van der Waals surface area contributed by atoms with Crippen molar-refractivity contribution in [3.8, 4) is 0 Å². The minimum atomic E-state index is -0.736. The van der Waals surface area contributed by atoms with Crippen LogP contribution in [0, 0.1) is 5.92 Å². The van der Waals surface area contributed by atoms with Gasteiger partial charge in [0.05, 0.1) is 5.70 Å². The molecule has 0 aliphatic carbocycles. The van der Waals surface area contributed by atoms with Gasteiger partial charge in [-0.05, 0) is 5.92 Å². The second kappa shape index (κ2) is 3.84. The number of carbonyl (C=O) groups is 3. The Kier molecular flexibility index (Phi) is 2.93. The van der Waals surface area contributed by atoms with E-state index in [0.29, 0.717) is 0 Å². The van der Waals surface area contributed by atoms with E-state index in [1.165, 1.54) is 6.92 Å². The van der Waals surface area contributed by atoms with E-state index in [1.54, 1.807) is 13.8 Å². The van der Waals surface area contributed by atoms with Crippen LogP contribution in [0.5, 0.6) is 0 Å². The summed E-state index contributed by atoms with van der Waals surface area (Å²) in [4.78, 5) is 35.5. The van der Waals surface area contributed by atoms with Crippen LogP contribution < -0.4 is 5.32 Å². The molecule has 0 bridgehead atoms. The molecule has 3 amide bonds. The summed E-state index contributed by atoms with van der Waals surface area (Å²) >= 11 is 0. The van der Waals surface area contributed by atoms with Crippen molar-refractivity contribution in [2.45, 2.75) is 26.8 Å². The minimum Gasteiger partial charge on any atom is -0.320 e. The van der Waals surface area contributed by atoms with Crippen molar-refractivity contribution in [2.24, 2.45) is 5.92 Å². The van der Waals surface area contributed by atoms with Crippen molar-refractivity contribution in [3.63, 3.8) is 0 Å². The third kappa shape index (κ3) is 1.91. The Morgan fingerprint density at radius 1 is 1.47 bits per heavy atom. The zero-order valence-electron chi connectivity index (χ0n) is 9.03. The van der Waals surface area contributed by atoms with E-state index in [-0.39, 0.29) is 17.5 Å². The van der Waals surface area contributed by atoms with Gasteiger partial charge in [0.25, 0.3) is 5.91 Å². The van der Waals surface area contributed by atoms with Crippen LogP contribution in [-0.2, 0) is 14.4 Å². The summed E-state index contributed by atoms with van der Waals surface area (Å²) in [6.07, 6.45) is 0. The van der Waals surface area contributed by atoms with Gasteiger partial charge in [-0.15, -0.1) is 0 Å². The van der Waals surface area contributed by atoms with E-state index in [4.69, 9.17) is 0 Å². The molecule has 1 heterocycles. The first-order valence-electron chi connectivity index (χ1n) is 4.70. The first-order chi connectivity index (χ1) is 6.86. The molecule has 0 spiro atoms. The highest BCUT2D eigenvalue weighted by Gasteiger charge is 2.40. The fourth-order valence-corrected chi connectivity index (χ4v) is 1.60. The van der Waals surface area contributed by atoms with E-state index in [9.17, 15) is 14.4 Å². The van der Waals surface area contributed by atoms with Crippen LogP contribution >= 0.6 is 0 Å². The normalized spacial score (nSPS) is 22.0. The van der Waals surface area contributed by atoms with Gasteiger partial charge in [-0.25, -0.2) is 0 Å². The second-order valence-corrected chi connectivity index (χ2v) is 3.85. The third-order valence-electron chi connectivity index (χ3n) is 2.27. The zero-order chi connectivity index (χ0) is 11.7. The van der Waals surface area contributed by atoms with E-state index in [2.05, 4.69) is 11.9 Å². The van der Waals surface area contributed by atoms with Crippen LogP contribution in [0.15, 0.2) is 12.3 Å². The maximum atomic E-state index is 11.6. The van der Waals surface area contributed by atoms with Gasteiger partial charge >= 0.3 is 0 Å². The Labute approximate surface area is 88.1 Å². The summed E-state index contributed by atoms with van der Waals surface area (Å²) < 4.78 is 0. The second-order valence-electron chi connectivity index (χ2n) is 3.85. The average molecular weight is 210 g/mol. The van der Waals surface area contributed by atoms with Crippen molar-refractivity contribution in [1.29, 1.82) is 0 Å². The van der Waals surface area contributed by atoms with Crippen molar-refractivity contribution < 1.29 is 14.4 Å². The molecule has 1 atom stereocenters. The maximum absolute atomic E-state index is 11.6. The molecule has 1 aliphatic heterocycles. The third-order valence-corrected chi connectivity index (χ3v) is 2.27. The molecule has 1 fully saturated rings. The number of amides is 3. The van der Waals surface area contributed by atoms with Crippen molar-refractivity contribution in [2.75, 3.05) is 0 Å². The summed E-state index contributed by atoms with van der Waals surface area (Å²) in [5, 5.41) is 2.37. The van der Waals surface area contributed by atoms with Crippen LogP contribution in [0.1, 0.15) is 20.8 Å². The molecule has 1 saturated heterocycles. The average Bonchev–Trinajstić information content (AvgIpc) is 2.09. The smallest absolute Gasteiger partial charge is 0.277 e. The fourth-order valence-electron chi connectivity index (χ4n) is 1.60. The highest BCUT2D eigenvalue weighted by Crippen LogP contribution is 2.18. The van der Waals surface area contributed by atoms with Gasteiger partial charge in [0.2, 0.25) is 11.8 Å². The number of rotatable bonds is 1. The Morgan fingerprint density at radius 3 is 2.40 bits per heavy atom. The van der Waals surface area contributed by atoms with Gasteiger partial charge in [0, 0.05) is 6.92 Å². The molecule has 5 nitrogen and oxygen atoms in total. The largest absolute Gasteiger partial charge is 0.320 e. The van der Waals surface area contributed by atoms with Crippen molar-refractivity contribution in [3.05, 3.63) is 12.3 Å². The molecule has 1 rings (SSSR count). The Morgan fingerprint density at radius 2 is 2.00 bits per heavy atom. The number of hydrogen-bond acceptors (Lipinski definition) is 3. The van der Waals surface area contributed by atoms with Crippen LogP contribution in [0.3, 0.4) is 0 Å². The van der Waals surface area contributed by atoms with Gasteiger partial charge in [-0.1, -0.05) is 20.4 Å². The monoisotopic (exact) mass is 210 g/mol. The van der Waals surface area contributed by atoms with Gasteiger partial charge < -0.3 is 5.32 Å². The van der Waals surface area contributed by atoms with E-state index < -0.39 is 17.9 Å². The molecule has 15 heavy (non-hydrogen) atoms. The zero-order valence-corrected chi connectivity index (χ0v) is 9.03. The van der Waals surface area contributed by atoms with E-state index >= 15 is 0 Å². The van der Waals surface area contributed by atoms with Crippen molar-refractivity contribution >= 4 is 17.7 Å². The minimum absolute atomic E-state index is 0.0490. The standard InChI is InChI=1S/C10H14N2O3/c1-5(2)8-9(14)11-6(3)10(15)12(8)7(4)13/h5,8H,3H2,1-2,4H3,(H,11,14)/t8-/m0/s1. The Hall–Kier alpha value is -1.65. The van der Waals surface area contributed by atoms with E-state index in [0.717, 1.165) is 4.90 Å². The molecule has 5 heteroatoms. The molecular weight excluding hydrogens is 196 g/mol. The number of nitrogens with zero attached hydrogens (tertiary/aromatic N) is 1. The number of imide groups is 1. The number of nitrogens with one attached hydrogen (secondary N) is 1. The summed E-state index contributed by atoms with van der Waals surface area (Å²) in [5.41, 5.74) is -0.0490. The SMILES string of the molecule is C=C1NC(=O)[C@H](C(C)C)N(C(C)=O)C1=O. The first-order valence-corrected chi connectivity index (χ1v) is 4.70. The summed E-state index contributed by atoms with van der Waals surface area (Å²) in [6, 6.07) is -0.736. The molecule has 0 aromatic carbocycles. The molecule has 82 valence electrons. The van der Waals surface area contributed by atoms with Crippen LogP contribution in [-0.4, -0.2) is 28.7 Å². The lowest BCUT2D eigenvalue weighted by molar-refractivity contribution is -0.153. The molecule has 0 unspecified atom stereocenters. The fraction of sp³-hybridized carbons (Fsp3) is 0.500. The Bertz CT molecular complexity index is 347. The lowest BCUT2D eigenvalue weighted by Crippen LogP contribution is -2.60.